The first kappa shape index (κ1) is 63.2. The van der Waals surface area contributed by atoms with E-state index in [0.29, 0.717) is 0 Å². The number of aliphatic hydroxyl groups is 1. The molecule has 0 spiro atoms. The van der Waals surface area contributed by atoms with Crippen molar-refractivity contribution in [3.63, 3.8) is 0 Å². The molecule has 6 aromatic rings. The first-order valence-corrected chi connectivity index (χ1v) is 20.1. The van der Waals surface area contributed by atoms with E-state index in [2.05, 4.69) is 14.2 Å². The van der Waals surface area contributed by atoms with Gasteiger partial charge in [-0.25, -0.2) is 52.7 Å². The Balaban J connectivity index is 1.52. The number of carbonyl (C=O) groups is 1. The van der Waals surface area contributed by atoms with Gasteiger partial charge in [-0.15, -0.1) is 0 Å². The molecule has 0 saturated carbocycles. The van der Waals surface area contributed by atoms with Crippen LogP contribution in [0.4, 0.5) is 145 Å². The summed E-state index contributed by atoms with van der Waals surface area (Å²) in [5.41, 5.74) is -24.8. The summed E-state index contributed by atoms with van der Waals surface area (Å²) in [5.74, 6) is -104. The molecule has 6 aromatic carbocycles. The van der Waals surface area contributed by atoms with E-state index < -0.39 is 257 Å². The number of hydrogen-bond acceptors (Lipinski definition) is 5. The third-order valence-electron chi connectivity index (χ3n) is 10.8. The first-order valence-electron chi connectivity index (χ1n) is 20.1. The smallest absolute Gasteiger partial charge is 0.422 e. The molecule has 5 nitrogen and oxygen atoms in total. The van der Waals surface area contributed by atoms with E-state index in [4.69, 9.17) is 0 Å². The van der Waals surface area contributed by atoms with Crippen LogP contribution in [-0.2, 0) is 24.1 Å². The molecule has 82 heavy (non-hydrogen) atoms. The molecule has 0 fully saturated rings. The van der Waals surface area contributed by atoms with Crippen molar-refractivity contribution in [2.75, 3.05) is 0 Å². The summed E-state index contributed by atoms with van der Waals surface area (Å²) in [6, 6.07) is 0. The largest absolute Gasteiger partial charge is 0.444 e. The zero-order chi connectivity index (χ0) is 62.6. The van der Waals surface area contributed by atoms with Crippen molar-refractivity contribution in [1.29, 1.82) is 0 Å². The van der Waals surface area contributed by atoms with Gasteiger partial charge in [-0.1, -0.05) is 0 Å². The second-order valence-corrected chi connectivity index (χ2v) is 15.7. The Bertz CT molecular complexity index is 3370. The fraction of sp³-hybridized carbons (Fsp3) is 0.159. The summed E-state index contributed by atoms with van der Waals surface area (Å²) in [6.07, 6.45) is -26.0. The molecule has 0 bridgehead atoms. The number of hydrogen-bond donors (Lipinski definition) is 1. The summed E-state index contributed by atoms with van der Waals surface area (Å²) in [4.78, 5) is 13.0. The lowest BCUT2D eigenvalue weighted by Crippen LogP contribution is -2.35. The molecule has 0 aromatic heterocycles. The van der Waals surface area contributed by atoms with E-state index in [1.165, 1.54) is 0 Å². The van der Waals surface area contributed by atoms with Crippen molar-refractivity contribution in [2.24, 2.45) is 0 Å². The minimum absolute atomic E-state index is 2.11. The van der Waals surface area contributed by atoms with Crippen LogP contribution < -0.4 is 14.2 Å². The highest BCUT2D eigenvalue weighted by atomic mass is 19.4. The fourth-order valence-corrected chi connectivity index (χ4v) is 7.24. The molecule has 0 radical (unpaired) electrons. The Hall–Kier alpha value is -7.96. The van der Waals surface area contributed by atoms with E-state index in [-0.39, 0.29) is 0 Å². The van der Waals surface area contributed by atoms with E-state index >= 15 is 52.7 Å². The Kier molecular flexibility index (Phi) is 16.5. The summed E-state index contributed by atoms with van der Waals surface area (Å²) in [5, 5.41) is 11.6. The third-order valence-corrected chi connectivity index (χ3v) is 10.8. The molecule has 0 aliphatic heterocycles. The highest BCUT2D eigenvalue weighted by molar-refractivity contribution is 5.97. The standard InChI is InChI=1S/C44H7F33O5/c45-11-5(12(46)24(58)35(23(11)57)80-38-29(63)17(51)8(42(69,70)71)18(52)30(38)64)4(78)2-1-3-41(79,6-13(47)25(59)36(26(60)14(6)48)81-39-31(65)19(53)9(43(72,73)74)20(54)32(39)66)7-15(49)27(61)37(28(62)16(7)50)82-40-33(67)21(55)10(44(75,76)77)22(56)34(40)68/h79H,1-3H2. The maximum Gasteiger partial charge on any atom is 0.422 e. The number of Topliss-reactive ketones (excluding diaryl/α,β-unsaturated/α-hetero) is 1. The van der Waals surface area contributed by atoms with Gasteiger partial charge in [-0.2, -0.15) is 92.2 Å². The van der Waals surface area contributed by atoms with Crippen LogP contribution in [0.15, 0.2) is 0 Å². The van der Waals surface area contributed by atoms with Crippen LogP contribution in [0.5, 0.6) is 34.5 Å². The Morgan fingerprint density at radius 2 is 0.451 bits per heavy atom. The van der Waals surface area contributed by atoms with Crippen molar-refractivity contribution in [3.8, 4) is 34.5 Å². The molecule has 38 heteroatoms. The minimum Gasteiger partial charge on any atom is -0.444 e. The Morgan fingerprint density at radius 1 is 0.280 bits per heavy atom. The number of benzene rings is 6. The lowest BCUT2D eigenvalue weighted by molar-refractivity contribution is -0.144. The zero-order valence-electron chi connectivity index (χ0n) is 37.2. The van der Waals surface area contributed by atoms with Crippen molar-refractivity contribution >= 4 is 5.78 Å². The van der Waals surface area contributed by atoms with Crippen molar-refractivity contribution < 1.29 is 169 Å². The molecule has 0 aliphatic carbocycles. The predicted octanol–water partition coefficient (Wildman–Crippen LogP) is 16.7. The van der Waals surface area contributed by atoms with Gasteiger partial charge >= 0.3 is 18.5 Å². The summed E-state index contributed by atoms with van der Waals surface area (Å²) in [7, 11) is 0. The molecule has 6 rings (SSSR count). The average Bonchev–Trinajstić information content (AvgIpc) is 2.52. The highest BCUT2D eigenvalue weighted by Gasteiger charge is 2.50. The maximum atomic E-state index is 16.1. The SMILES string of the molecule is O=C(CCCC(O)(c1c(F)c(F)c(Oc2c(F)c(F)c(C(F)(F)F)c(F)c2F)c(F)c1F)c1c(F)c(F)c(Oc2c(F)c(F)c(C(F)(F)F)c(F)c2F)c(F)c1F)c1c(F)c(F)c(Oc2c(F)c(F)c(C(F)(F)F)c(F)c2F)c(F)c1F. The molecule has 0 saturated heterocycles. The predicted molar refractivity (Wildman–Crippen MR) is 194 cm³/mol. The van der Waals surface area contributed by atoms with Gasteiger partial charge in [-0.05, 0) is 12.8 Å². The molecule has 0 unspecified atom stereocenters. The van der Waals surface area contributed by atoms with E-state index in [1.54, 1.807) is 0 Å². The van der Waals surface area contributed by atoms with Crippen LogP contribution in [0, 0.1) is 140 Å². The monoisotopic (exact) mass is 1240 g/mol. The van der Waals surface area contributed by atoms with Crippen LogP contribution in [-0.4, -0.2) is 10.9 Å². The van der Waals surface area contributed by atoms with Crippen LogP contribution >= 0.6 is 0 Å². The highest BCUT2D eigenvalue weighted by Crippen LogP contribution is 2.50. The quantitative estimate of drug-likeness (QED) is 0.0709. The van der Waals surface area contributed by atoms with Crippen molar-refractivity contribution in [1.82, 2.24) is 0 Å². The van der Waals surface area contributed by atoms with E-state index in [9.17, 15) is 102 Å². The van der Waals surface area contributed by atoms with Crippen LogP contribution in [0.3, 0.4) is 0 Å². The van der Waals surface area contributed by atoms with E-state index in [1.807, 2.05) is 0 Å². The molecule has 444 valence electrons. The number of rotatable bonds is 13. The van der Waals surface area contributed by atoms with Gasteiger partial charge in [0.05, 0.1) is 16.7 Å². The molecular weight excluding hydrogens is 1240 g/mol. The lowest BCUT2D eigenvalue weighted by atomic mass is 9.80. The summed E-state index contributed by atoms with van der Waals surface area (Å²) in [6.45, 7) is 0. The summed E-state index contributed by atoms with van der Waals surface area (Å²) < 4.78 is 489. The molecule has 0 aliphatic rings. The third kappa shape index (κ3) is 10.2. The first-order chi connectivity index (χ1) is 37.4. The molecule has 0 heterocycles. The van der Waals surface area contributed by atoms with Gasteiger partial charge in [0.25, 0.3) is 0 Å². The number of carbonyl (C=O) groups excluding carboxylic acids is 1. The topological polar surface area (TPSA) is 65.0 Å². The Labute approximate surface area is 425 Å². The minimum atomic E-state index is -6.37. The number of ketones is 1. The van der Waals surface area contributed by atoms with Gasteiger partial charge in [0, 0.05) is 6.42 Å². The van der Waals surface area contributed by atoms with E-state index in [0.717, 1.165) is 0 Å². The lowest BCUT2D eigenvalue weighted by Gasteiger charge is -2.32. The molecule has 0 atom stereocenters. The second kappa shape index (κ2) is 21.4. The van der Waals surface area contributed by atoms with Crippen LogP contribution in [0.2, 0.25) is 0 Å². The molecule has 1 N–H and O–H groups in total. The summed E-state index contributed by atoms with van der Waals surface area (Å²) >= 11 is 0. The van der Waals surface area contributed by atoms with Crippen LogP contribution in [0.25, 0.3) is 0 Å². The van der Waals surface area contributed by atoms with Crippen molar-refractivity contribution in [2.45, 2.75) is 43.4 Å². The molecular formula is C44H7F33O5. The Morgan fingerprint density at radius 3 is 0.634 bits per heavy atom. The number of alkyl halides is 9. The molecule has 0 amide bonds. The van der Waals surface area contributed by atoms with Gasteiger partial charge in [0.2, 0.25) is 104 Å². The van der Waals surface area contributed by atoms with Gasteiger partial charge in [0.1, 0.15) is 22.3 Å². The average molecular weight is 1240 g/mol. The normalized spacial score (nSPS) is 12.5. The number of ether oxygens (including phenoxy) is 3. The van der Waals surface area contributed by atoms with Gasteiger partial charge < -0.3 is 19.3 Å². The van der Waals surface area contributed by atoms with Crippen LogP contribution in [0.1, 0.15) is 57.4 Å². The van der Waals surface area contributed by atoms with Gasteiger partial charge in [-0.3, -0.25) is 4.79 Å². The zero-order valence-corrected chi connectivity index (χ0v) is 37.2. The van der Waals surface area contributed by atoms with Gasteiger partial charge in [0.15, 0.2) is 75.6 Å². The van der Waals surface area contributed by atoms with Crippen molar-refractivity contribution in [3.05, 3.63) is 173 Å². The number of halogens is 33. The maximum absolute atomic E-state index is 16.1. The second-order valence-electron chi connectivity index (χ2n) is 15.7. The fourth-order valence-electron chi connectivity index (χ4n) is 7.24.